The number of hydrogen-bond acceptors (Lipinski definition) is 4. The van der Waals surface area contributed by atoms with E-state index in [9.17, 15) is 8.42 Å². The maximum absolute atomic E-state index is 11.5. The second-order valence-corrected chi connectivity index (χ2v) is 7.52. The Hall–Kier alpha value is -0.130. The molecule has 0 aliphatic carbocycles. The molecule has 0 atom stereocenters. The van der Waals surface area contributed by atoms with Gasteiger partial charge in [0, 0.05) is 25.2 Å². The van der Waals surface area contributed by atoms with Crippen LogP contribution < -0.4 is 5.73 Å². The second kappa shape index (κ2) is 4.39. The van der Waals surface area contributed by atoms with Crippen molar-refractivity contribution in [2.24, 2.45) is 5.73 Å². The normalized spacial score (nSPS) is 21.7. The van der Waals surface area contributed by atoms with Crippen LogP contribution in [-0.4, -0.2) is 49.5 Å². The molecule has 0 aromatic carbocycles. The molecule has 0 saturated carbocycles. The first-order chi connectivity index (χ1) is 6.79. The third-order valence-corrected chi connectivity index (χ3v) is 5.38. The summed E-state index contributed by atoms with van der Waals surface area (Å²) in [5, 5.41) is -0.271. The summed E-state index contributed by atoms with van der Waals surface area (Å²) in [7, 11) is -2.90. The van der Waals surface area contributed by atoms with Gasteiger partial charge in [-0.1, -0.05) is 6.92 Å². The Morgan fingerprint density at radius 1 is 1.40 bits per heavy atom. The lowest BCUT2D eigenvalue weighted by atomic mass is 9.88. The molecule has 2 N–H and O–H groups in total. The molecule has 0 spiro atoms. The molecule has 0 aromatic rings. The van der Waals surface area contributed by atoms with Crippen molar-refractivity contribution in [2.45, 2.75) is 38.0 Å². The van der Waals surface area contributed by atoms with Crippen LogP contribution in [0.1, 0.15) is 27.2 Å². The number of likely N-dealkylation sites (tertiary alicyclic amines) is 1. The van der Waals surface area contributed by atoms with E-state index in [2.05, 4.69) is 11.8 Å². The van der Waals surface area contributed by atoms with E-state index in [1.807, 2.05) is 0 Å². The van der Waals surface area contributed by atoms with Crippen LogP contribution in [0.4, 0.5) is 0 Å². The first kappa shape index (κ1) is 12.9. The van der Waals surface area contributed by atoms with Gasteiger partial charge in [-0.25, -0.2) is 8.42 Å². The highest BCUT2D eigenvalue weighted by atomic mass is 32.2. The number of nitrogens with two attached hydrogens (primary N) is 1. The summed E-state index contributed by atoms with van der Waals surface area (Å²) < 4.78 is 23.1. The van der Waals surface area contributed by atoms with Gasteiger partial charge in [0.25, 0.3) is 0 Å². The van der Waals surface area contributed by atoms with Crippen molar-refractivity contribution in [3.05, 3.63) is 0 Å². The van der Waals surface area contributed by atoms with Crippen LogP contribution in [0.15, 0.2) is 0 Å². The molecule has 1 fully saturated rings. The minimum atomic E-state index is -2.90. The van der Waals surface area contributed by atoms with Gasteiger partial charge in [0.2, 0.25) is 0 Å². The van der Waals surface area contributed by atoms with Crippen LogP contribution in [0.2, 0.25) is 0 Å². The molecule has 0 radical (unpaired) electrons. The highest BCUT2D eigenvalue weighted by molar-refractivity contribution is 7.92. The zero-order valence-electron chi connectivity index (χ0n) is 9.86. The molecular weight excluding hydrogens is 212 g/mol. The zero-order valence-corrected chi connectivity index (χ0v) is 10.7. The van der Waals surface area contributed by atoms with Crippen molar-refractivity contribution in [3.63, 3.8) is 0 Å². The zero-order chi connectivity index (χ0) is 11.7. The van der Waals surface area contributed by atoms with Crippen LogP contribution in [0, 0.1) is 0 Å². The van der Waals surface area contributed by atoms with Crippen molar-refractivity contribution in [1.82, 2.24) is 4.90 Å². The summed E-state index contributed by atoms with van der Waals surface area (Å²) in [6.45, 7) is 7.81. The van der Waals surface area contributed by atoms with Gasteiger partial charge in [0.15, 0.2) is 9.84 Å². The molecule has 1 saturated heterocycles. The van der Waals surface area contributed by atoms with E-state index < -0.39 is 9.84 Å². The number of rotatable bonds is 5. The van der Waals surface area contributed by atoms with Gasteiger partial charge in [-0.3, -0.25) is 4.90 Å². The standard InChI is InChI=1S/C10H22N2O2S/c1-4-10(11)7-12(8-10)5-6-15(13,14)9(2)3/h9H,4-8,11H2,1-3H3. The molecule has 90 valence electrons. The third kappa shape index (κ3) is 3.16. The summed E-state index contributed by atoms with van der Waals surface area (Å²) in [6.07, 6.45) is 0.959. The Bertz CT molecular complexity index is 305. The summed E-state index contributed by atoms with van der Waals surface area (Å²) >= 11 is 0. The van der Waals surface area contributed by atoms with E-state index in [1.54, 1.807) is 13.8 Å². The molecule has 15 heavy (non-hydrogen) atoms. The fourth-order valence-corrected chi connectivity index (χ4v) is 2.70. The topological polar surface area (TPSA) is 63.4 Å². The average molecular weight is 234 g/mol. The molecule has 0 unspecified atom stereocenters. The molecule has 0 bridgehead atoms. The van der Waals surface area contributed by atoms with Gasteiger partial charge in [0.1, 0.15) is 0 Å². The fourth-order valence-electron chi connectivity index (χ4n) is 1.72. The molecule has 1 rings (SSSR count). The molecule has 1 aliphatic heterocycles. The van der Waals surface area contributed by atoms with Gasteiger partial charge in [-0.15, -0.1) is 0 Å². The van der Waals surface area contributed by atoms with Crippen LogP contribution in [0.3, 0.4) is 0 Å². The predicted octanol–water partition coefficient (Wildman–Crippen LogP) is 0.233. The third-order valence-electron chi connectivity index (χ3n) is 3.19. The SMILES string of the molecule is CCC1(N)CN(CCS(=O)(=O)C(C)C)C1. The number of hydrogen-bond donors (Lipinski definition) is 1. The van der Waals surface area contributed by atoms with Crippen LogP contribution >= 0.6 is 0 Å². The lowest BCUT2D eigenvalue weighted by Crippen LogP contribution is -2.67. The Morgan fingerprint density at radius 2 is 1.93 bits per heavy atom. The Balaban J connectivity index is 2.30. The van der Waals surface area contributed by atoms with E-state index >= 15 is 0 Å². The van der Waals surface area contributed by atoms with Crippen molar-refractivity contribution in [2.75, 3.05) is 25.4 Å². The Morgan fingerprint density at radius 3 is 2.33 bits per heavy atom. The largest absolute Gasteiger partial charge is 0.323 e. The number of nitrogens with zero attached hydrogens (tertiary/aromatic N) is 1. The van der Waals surface area contributed by atoms with Gasteiger partial charge in [-0.2, -0.15) is 0 Å². The average Bonchev–Trinajstić information content (AvgIpc) is 2.10. The van der Waals surface area contributed by atoms with Crippen LogP contribution in [0.25, 0.3) is 0 Å². The molecule has 0 amide bonds. The Labute approximate surface area is 92.7 Å². The van der Waals surface area contributed by atoms with E-state index in [4.69, 9.17) is 5.73 Å². The van der Waals surface area contributed by atoms with E-state index in [1.165, 1.54) is 0 Å². The lowest BCUT2D eigenvalue weighted by molar-refractivity contribution is 0.0745. The molecular formula is C10H22N2O2S. The lowest BCUT2D eigenvalue weighted by Gasteiger charge is -2.47. The molecule has 1 aliphatic rings. The van der Waals surface area contributed by atoms with E-state index in [0.717, 1.165) is 19.5 Å². The first-order valence-corrected chi connectivity index (χ1v) is 7.23. The molecule has 5 heteroatoms. The molecule has 1 heterocycles. The van der Waals surface area contributed by atoms with Gasteiger partial charge >= 0.3 is 0 Å². The predicted molar refractivity (Wildman–Crippen MR) is 62.6 cm³/mol. The van der Waals surface area contributed by atoms with Gasteiger partial charge < -0.3 is 5.73 Å². The fraction of sp³-hybridized carbons (Fsp3) is 1.00. The maximum Gasteiger partial charge on any atom is 0.153 e. The molecule has 0 aromatic heterocycles. The minimum absolute atomic E-state index is 0.0679. The summed E-state index contributed by atoms with van der Waals surface area (Å²) in [5.74, 6) is 0.254. The summed E-state index contributed by atoms with van der Waals surface area (Å²) in [5.41, 5.74) is 5.93. The van der Waals surface area contributed by atoms with Crippen molar-refractivity contribution in [3.8, 4) is 0 Å². The van der Waals surface area contributed by atoms with Gasteiger partial charge in [0.05, 0.1) is 11.0 Å². The first-order valence-electron chi connectivity index (χ1n) is 5.52. The maximum atomic E-state index is 11.5. The smallest absolute Gasteiger partial charge is 0.153 e. The minimum Gasteiger partial charge on any atom is -0.323 e. The monoisotopic (exact) mass is 234 g/mol. The quantitative estimate of drug-likeness (QED) is 0.740. The van der Waals surface area contributed by atoms with E-state index in [-0.39, 0.29) is 16.5 Å². The highest BCUT2D eigenvalue weighted by Gasteiger charge is 2.37. The van der Waals surface area contributed by atoms with Crippen molar-refractivity contribution in [1.29, 1.82) is 0 Å². The summed E-state index contributed by atoms with van der Waals surface area (Å²) in [6, 6.07) is 0. The van der Waals surface area contributed by atoms with Crippen molar-refractivity contribution >= 4 is 9.84 Å². The second-order valence-electron chi connectivity index (χ2n) is 4.84. The van der Waals surface area contributed by atoms with E-state index in [0.29, 0.717) is 6.54 Å². The summed E-state index contributed by atoms with van der Waals surface area (Å²) in [4.78, 5) is 2.11. The van der Waals surface area contributed by atoms with Gasteiger partial charge in [-0.05, 0) is 20.3 Å². The van der Waals surface area contributed by atoms with Crippen LogP contribution in [-0.2, 0) is 9.84 Å². The molecule has 4 nitrogen and oxygen atoms in total. The number of sulfone groups is 1. The Kier molecular flexibility index (Phi) is 3.79. The van der Waals surface area contributed by atoms with Crippen molar-refractivity contribution < 1.29 is 8.42 Å². The highest BCUT2D eigenvalue weighted by Crippen LogP contribution is 2.21. The van der Waals surface area contributed by atoms with Crippen LogP contribution in [0.5, 0.6) is 0 Å².